The third-order valence-electron chi connectivity index (χ3n) is 3.86. The molecule has 2 aliphatic heterocycles. The van der Waals surface area contributed by atoms with Crippen LogP contribution >= 0.6 is 0 Å². The number of nitrogens with zero attached hydrogens (tertiary/aromatic N) is 2. The molecule has 20 heavy (non-hydrogen) atoms. The summed E-state index contributed by atoms with van der Waals surface area (Å²) in [6.07, 6.45) is 2.92. The molecule has 0 aromatic heterocycles. The van der Waals surface area contributed by atoms with Crippen LogP contribution < -0.4 is 0 Å². The van der Waals surface area contributed by atoms with Gasteiger partial charge in [-0.2, -0.15) is 0 Å². The van der Waals surface area contributed by atoms with E-state index in [-0.39, 0.29) is 30.2 Å². The van der Waals surface area contributed by atoms with E-state index in [2.05, 4.69) is 0 Å². The zero-order valence-corrected chi connectivity index (χ0v) is 12.0. The molecule has 0 unspecified atom stereocenters. The van der Waals surface area contributed by atoms with Crippen LogP contribution in [0.3, 0.4) is 0 Å². The van der Waals surface area contributed by atoms with E-state index in [1.807, 2.05) is 4.90 Å². The Morgan fingerprint density at radius 3 is 2.75 bits per heavy atom. The van der Waals surface area contributed by atoms with Crippen molar-refractivity contribution in [2.24, 2.45) is 5.92 Å². The van der Waals surface area contributed by atoms with Crippen molar-refractivity contribution < 1.29 is 19.1 Å². The van der Waals surface area contributed by atoms with Gasteiger partial charge in [0.2, 0.25) is 11.8 Å². The summed E-state index contributed by atoms with van der Waals surface area (Å²) < 4.78 is 5.04. The van der Waals surface area contributed by atoms with Gasteiger partial charge in [0.25, 0.3) is 0 Å². The van der Waals surface area contributed by atoms with Crippen molar-refractivity contribution in [1.82, 2.24) is 9.80 Å². The molecule has 6 heteroatoms. The first-order chi connectivity index (χ1) is 9.61. The molecule has 0 N–H and O–H groups in total. The highest BCUT2D eigenvalue weighted by Crippen LogP contribution is 2.18. The van der Waals surface area contributed by atoms with Crippen LogP contribution in [0.2, 0.25) is 0 Å². The molecule has 2 amide bonds. The maximum Gasteiger partial charge on any atom is 0.310 e. The predicted molar refractivity (Wildman–Crippen MR) is 71.8 cm³/mol. The van der Waals surface area contributed by atoms with Crippen LogP contribution in [-0.4, -0.2) is 60.4 Å². The Morgan fingerprint density at radius 1 is 1.30 bits per heavy atom. The summed E-state index contributed by atoms with van der Waals surface area (Å²) in [5, 5.41) is 0. The topological polar surface area (TPSA) is 66.9 Å². The lowest BCUT2D eigenvalue weighted by Gasteiger charge is -2.31. The molecular weight excluding hydrogens is 260 g/mol. The Bertz CT molecular complexity index is 397. The highest BCUT2D eigenvalue weighted by Gasteiger charge is 2.31. The van der Waals surface area contributed by atoms with Crippen LogP contribution in [-0.2, 0) is 19.1 Å². The van der Waals surface area contributed by atoms with Gasteiger partial charge in [0, 0.05) is 19.5 Å². The summed E-state index contributed by atoms with van der Waals surface area (Å²) in [4.78, 5) is 38.6. The Balaban J connectivity index is 1.84. The number of piperidine rings is 1. The van der Waals surface area contributed by atoms with Gasteiger partial charge >= 0.3 is 5.97 Å². The van der Waals surface area contributed by atoms with Gasteiger partial charge in [0.15, 0.2) is 0 Å². The lowest BCUT2D eigenvalue weighted by atomic mass is 9.98. The average Bonchev–Trinajstić information content (AvgIpc) is 2.85. The zero-order valence-electron chi connectivity index (χ0n) is 12.0. The minimum Gasteiger partial charge on any atom is -0.466 e. The van der Waals surface area contributed by atoms with Gasteiger partial charge in [0.05, 0.1) is 19.1 Å². The van der Waals surface area contributed by atoms with Crippen LogP contribution in [0.25, 0.3) is 0 Å². The summed E-state index contributed by atoms with van der Waals surface area (Å²) in [5.74, 6) is -0.543. The predicted octanol–water partition coefficient (Wildman–Crippen LogP) is 0.410. The maximum atomic E-state index is 12.1. The third-order valence-corrected chi connectivity index (χ3v) is 3.86. The number of amides is 2. The zero-order chi connectivity index (χ0) is 14.5. The first-order valence-corrected chi connectivity index (χ1v) is 7.34. The number of esters is 1. The number of likely N-dealkylation sites (tertiary alicyclic amines) is 2. The number of hydrogen-bond acceptors (Lipinski definition) is 5. The van der Waals surface area contributed by atoms with E-state index in [4.69, 9.17) is 4.74 Å². The van der Waals surface area contributed by atoms with Gasteiger partial charge in [-0.1, -0.05) is 0 Å². The minimum absolute atomic E-state index is 0.0750. The molecule has 2 fully saturated rings. The average molecular weight is 282 g/mol. The Hall–Kier alpha value is -1.43. The summed E-state index contributed by atoms with van der Waals surface area (Å²) >= 11 is 0. The van der Waals surface area contributed by atoms with Crippen LogP contribution in [0.15, 0.2) is 0 Å². The van der Waals surface area contributed by atoms with Gasteiger partial charge < -0.3 is 4.74 Å². The lowest BCUT2D eigenvalue weighted by molar-refractivity contribution is -0.151. The fraction of sp³-hybridized carbons (Fsp3) is 0.786. The van der Waals surface area contributed by atoms with Crippen molar-refractivity contribution in [3.05, 3.63) is 0 Å². The molecule has 2 heterocycles. The van der Waals surface area contributed by atoms with Crippen molar-refractivity contribution >= 4 is 17.8 Å². The second kappa shape index (κ2) is 6.83. The molecule has 2 rings (SSSR count). The summed E-state index contributed by atoms with van der Waals surface area (Å²) in [5.41, 5.74) is 0. The molecule has 2 saturated heterocycles. The fourth-order valence-electron chi connectivity index (χ4n) is 2.84. The SMILES string of the molecule is CCOC(=O)[C@@H]1CCCN(CC(=O)N2CCCC2=O)C1. The Morgan fingerprint density at radius 2 is 2.10 bits per heavy atom. The molecule has 2 aliphatic rings. The van der Waals surface area contributed by atoms with Gasteiger partial charge in [-0.3, -0.25) is 24.2 Å². The molecule has 0 saturated carbocycles. The molecular formula is C14H22N2O4. The monoisotopic (exact) mass is 282 g/mol. The summed E-state index contributed by atoms with van der Waals surface area (Å²) in [6, 6.07) is 0. The highest BCUT2D eigenvalue weighted by atomic mass is 16.5. The van der Waals surface area contributed by atoms with Crippen LogP contribution in [0.4, 0.5) is 0 Å². The molecule has 0 spiro atoms. The van der Waals surface area contributed by atoms with E-state index in [9.17, 15) is 14.4 Å². The third kappa shape index (κ3) is 3.56. The van der Waals surface area contributed by atoms with Gasteiger partial charge in [-0.15, -0.1) is 0 Å². The van der Waals surface area contributed by atoms with Gasteiger partial charge in [-0.25, -0.2) is 0 Å². The summed E-state index contributed by atoms with van der Waals surface area (Å²) in [7, 11) is 0. The van der Waals surface area contributed by atoms with Crippen LogP contribution in [0.1, 0.15) is 32.6 Å². The Kier molecular flexibility index (Phi) is 5.11. The molecule has 0 aromatic carbocycles. The fourth-order valence-corrected chi connectivity index (χ4v) is 2.84. The normalized spacial score (nSPS) is 23.9. The smallest absolute Gasteiger partial charge is 0.310 e. The van der Waals surface area contributed by atoms with E-state index < -0.39 is 0 Å². The molecule has 0 radical (unpaired) electrons. The first kappa shape index (κ1) is 15.0. The minimum atomic E-state index is -0.179. The number of hydrogen-bond donors (Lipinski definition) is 0. The van der Waals surface area contributed by atoms with E-state index in [0.29, 0.717) is 26.1 Å². The van der Waals surface area contributed by atoms with E-state index in [1.165, 1.54) is 4.90 Å². The highest BCUT2D eigenvalue weighted by molar-refractivity contribution is 5.97. The molecule has 6 nitrogen and oxygen atoms in total. The Labute approximate surface area is 119 Å². The molecule has 1 atom stereocenters. The van der Waals surface area contributed by atoms with Crippen molar-refractivity contribution in [2.45, 2.75) is 32.6 Å². The van der Waals surface area contributed by atoms with Crippen molar-refractivity contribution in [3.8, 4) is 0 Å². The number of ether oxygens (including phenoxy) is 1. The van der Waals surface area contributed by atoms with Crippen LogP contribution in [0.5, 0.6) is 0 Å². The van der Waals surface area contributed by atoms with Crippen LogP contribution in [0, 0.1) is 5.92 Å². The first-order valence-electron chi connectivity index (χ1n) is 7.34. The molecule has 0 bridgehead atoms. The largest absolute Gasteiger partial charge is 0.466 e. The molecule has 0 aliphatic carbocycles. The van der Waals surface area contributed by atoms with Gasteiger partial charge in [0.1, 0.15) is 0 Å². The molecule has 112 valence electrons. The second-order valence-electron chi connectivity index (χ2n) is 5.37. The van der Waals surface area contributed by atoms with E-state index in [0.717, 1.165) is 25.8 Å². The lowest BCUT2D eigenvalue weighted by Crippen LogP contribution is -2.46. The number of carbonyl (C=O) groups excluding carboxylic acids is 3. The standard InChI is InChI=1S/C14H22N2O4/c1-2-20-14(19)11-5-3-7-15(9-11)10-13(18)16-8-4-6-12(16)17/h11H,2-10H2,1H3/t11-/m1/s1. The van der Waals surface area contributed by atoms with E-state index in [1.54, 1.807) is 6.92 Å². The number of imide groups is 1. The van der Waals surface area contributed by atoms with Crippen molar-refractivity contribution in [1.29, 1.82) is 0 Å². The maximum absolute atomic E-state index is 12.1. The van der Waals surface area contributed by atoms with Crippen molar-refractivity contribution in [3.63, 3.8) is 0 Å². The van der Waals surface area contributed by atoms with E-state index >= 15 is 0 Å². The quantitative estimate of drug-likeness (QED) is 0.699. The number of carbonyl (C=O) groups is 3. The van der Waals surface area contributed by atoms with Crippen molar-refractivity contribution in [2.75, 3.05) is 32.8 Å². The second-order valence-corrected chi connectivity index (χ2v) is 5.37. The number of rotatable bonds is 4. The van der Waals surface area contributed by atoms with Gasteiger partial charge in [-0.05, 0) is 32.7 Å². The summed E-state index contributed by atoms with van der Waals surface area (Å²) in [6.45, 7) is 4.28. The molecule has 0 aromatic rings.